The standard InChI is InChI=1S/C62H55N/c1-60(2,3)43-31-34-51-48-21-10-14-24-54(48)62(57(51)37-43)55-25-15-11-22-49(55)52-36-33-45(39-58(52)62)63(44-32-35-50-47-20-9-13-23-53(47)61(4,5)56(50)38-44)59-26-16-12-19-46(59)42-29-27-41(28-30-42)40-17-7-6-8-18-40/h9-16,19-40H,6-8,17-18H2,1-5H3. The molecule has 1 unspecified atom stereocenters. The minimum Gasteiger partial charge on any atom is -0.310 e. The zero-order valence-corrected chi connectivity index (χ0v) is 37.3. The van der Waals surface area contributed by atoms with E-state index in [0.717, 1.165) is 0 Å². The monoisotopic (exact) mass is 813 g/mol. The third-order valence-electron chi connectivity index (χ3n) is 15.5. The van der Waals surface area contributed by atoms with Crippen LogP contribution in [0.3, 0.4) is 0 Å². The van der Waals surface area contributed by atoms with Gasteiger partial charge in [-0.3, -0.25) is 0 Å². The van der Waals surface area contributed by atoms with E-state index in [4.69, 9.17) is 0 Å². The summed E-state index contributed by atoms with van der Waals surface area (Å²) >= 11 is 0. The van der Waals surface area contributed by atoms with Gasteiger partial charge < -0.3 is 4.90 Å². The van der Waals surface area contributed by atoms with Crippen molar-refractivity contribution in [2.75, 3.05) is 4.90 Å². The smallest absolute Gasteiger partial charge is 0.0726 e. The maximum atomic E-state index is 2.56. The summed E-state index contributed by atoms with van der Waals surface area (Å²) in [7, 11) is 0. The molecule has 1 saturated carbocycles. The van der Waals surface area contributed by atoms with Gasteiger partial charge in [-0.15, -0.1) is 0 Å². The number of nitrogens with zero attached hydrogens (tertiary/aromatic N) is 1. The zero-order valence-electron chi connectivity index (χ0n) is 37.3. The van der Waals surface area contributed by atoms with Crippen LogP contribution in [0.25, 0.3) is 44.5 Å². The molecule has 308 valence electrons. The van der Waals surface area contributed by atoms with Crippen LogP contribution in [0.2, 0.25) is 0 Å². The minimum atomic E-state index is -0.461. The summed E-state index contributed by atoms with van der Waals surface area (Å²) in [4.78, 5) is 2.56. The number of benzene rings is 8. The van der Waals surface area contributed by atoms with E-state index < -0.39 is 5.41 Å². The van der Waals surface area contributed by atoms with Gasteiger partial charge in [0.25, 0.3) is 0 Å². The van der Waals surface area contributed by atoms with Gasteiger partial charge in [0, 0.05) is 22.4 Å². The number of hydrogen-bond donors (Lipinski definition) is 0. The Morgan fingerprint density at radius 1 is 0.429 bits per heavy atom. The van der Waals surface area contributed by atoms with Gasteiger partial charge in [-0.05, 0) is 138 Å². The van der Waals surface area contributed by atoms with Crippen LogP contribution in [0, 0.1) is 0 Å². The Labute approximate surface area is 374 Å². The summed E-state index contributed by atoms with van der Waals surface area (Å²) in [6.45, 7) is 11.8. The van der Waals surface area contributed by atoms with Gasteiger partial charge in [0.1, 0.15) is 0 Å². The molecule has 1 heteroatoms. The highest BCUT2D eigenvalue weighted by atomic mass is 15.1. The number of hydrogen-bond acceptors (Lipinski definition) is 1. The van der Waals surface area contributed by atoms with E-state index in [0.29, 0.717) is 5.92 Å². The van der Waals surface area contributed by atoms with Gasteiger partial charge in [-0.25, -0.2) is 0 Å². The van der Waals surface area contributed by atoms with Gasteiger partial charge in [0.05, 0.1) is 11.1 Å². The Balaban J connectivity index is 1.10. The molecule has 0 bridgehead atoms. The van der Waals surface area contributed by atoms with Gasteiger partial charge in [0.2, 0.25) is 0 Å². The molecule has 8 aromatic carbocycles. The third kappa shape index (κ3) is 5.61. The van der Waals surface area contributed by atoms with Crippen LogP contribution in [0.1, 0.15) is 117 Å². The van der Waals surface area contributed by atoms with E-state index in [2.05, 4.69) is 215 Å². The molecule has 0 aromatic heterocycles. The highest BCUT2D eigenvalue weighted by molar-refractivity contribution is 5.97. The normalized spacial score (nSPS) is 17.7. The molecule has 1 fully saturated rings. The molecule has 0 N–H and O–H groups in total. The fourth-order valence-electron chi connectivity index (χ4n) is 12.3. The zero-order chi connectivity index (χ0) is 42.7. The van der Waals surface area contributed by atoms with Crippen molar-refractivity contribution >= 4 is 17.1 Å². The first-order valence-corrected chi connectivity index (χ1v) is 23.4. The quantitative estimate of drug-likeness (QED) is 0.167. The SMILES string of the molecule is CC(C)(C)c1ccc2c(c1)C1(c3ccccc3-c3ccc(N(c4ccc5c(c4)C(C)(C)c4ccccc4-5)c4ccccc4-c4ccc(C5CCCCC5)cc4)cc31)c1ccccc1-2. The molecular weight excluding hydrogens is 759 g/mol. The van der Waals surface area contributed by atoms with E-state index in [1.807, 2.05) is 0 Å². The lowest BCUT2D eigenvalue weighted by Gasteiger charge is -2.34. The highest BCUT2D eigenvalue weighted by Crippen LogP contribution is 2.64. The average molecular weight is 814 g/mol. The molecule has 0 saturated heterocycles. The molecule has 1 spiro atoms. The van der Waals surface area contributed by atoms with Crippen molar-refractivity contribution in [1.82, 2.24) is 0 Å². The van der Waals surface area contributed by atoms with E-state index >= 15 is 0 Å². The molecule has 4 aliphatic rings. The number of anilines is 3. The van der Waals surface area contributed by atoms with Crippen LogP contribution < -0.4 is 4.90 Å². The highest BCUT2D eigenvalue weighted by Gasteiger charge is 2.52. The van der Waals surface area contributed by atoms with Crippen LogP contribution >= 0.6 is 0 Å². The van der Waals surface area contributed by atoms with Crippen LogP contribution in [0.4, 0.5) is 17.1 Å². The third-order valence-corrected chi connectivity index (χ3v) is 15.5. The first-order chi connectivity index (χ1) is 30.6. The minimum absolute atomic E-state index is 0.00388. The van der Waals surface area contributed by atoms with Crippen molar-refractivity contribution < 1.29 is 0 Å². The van der Waals surface area contributed by atoms with Crippen molar-refractivity contribution in [3.8, 4) is 44.5 Å². The van der Waals surface area contributed by atoms with Crippen LogP contribution in [0.5, 0.6) is 0 Å². The first kappa shape index (κ1) is 38.3. The molecular formula is C62H55N. The van der Waals surface area contributed by atoms with Gasteiger partial charge in [0.15, 0.2) is 0 Å². The van der Waals surface area contributed by atoms with E-state index in [9.17, 15) is 0 Å². The Morgan fingerprint density at radius 2 is 0.905 bits per heavy atom. The van der Waals surface area contributed by atoms with Gasteiger partial charge in [-0.2, -0.15) is 0 Å². The number of rotatable bonds is 5. The molecule has 0 radical (unpaired) electrons. The molecule has 12 rings (SSSR count). The van der Waals surface area contributed by atoms with E-state index in [1.54, 1.807) is 0 Å². The van der Waals surface area contributed by atoms with Crippen LogP contribution in [0.15, 0.2) is 176 Å². The van der Waals surface area contributed by atoms with Crippen molar-refractivity contribution in [3.05, 3.63) is 220 Å². The summed E-state index contributed by atoms with van der Waals surface area (Å²) in [5.41, 5.74) is 24.5. The Bertz CT molecular complexity index is 3100. The molecule has 8 aromatic rings. The van der Waals surface area contributed by atoms with Crippen molar-refractivity contribution in [3.63, 3.8) is 0 Å². The van der Waals surface area contributed by atoms with E-state index in [-0.39, 0.29) is 10.8 Å². The summed E-state index contributed by atoms with van der Waals surface area (Å²) < 4.78 is 0. The van der Waals surface area contributed by atoms with Crippen molar-refractivity contribution in [1.29, 1.82) is 0 Å². The largest absolute Gasteiger partial charge is 0.310 e. The number of para-hydroxylation sites is 1. The Morgan fingerprint density at radius 3 is 1.52 bits per heavy atom. The van der Waals surface area contributed by atoms with Crippen molar-refractivity contribution in [2.24, 2.45) is 0 Å². The second-order valence-electron chi connectivity index (χ2n) is 20.3. The lowest BCUT2D eigenvalue weighted by atomic mass is 9.69. The molecule has 4 aliphatic carbocycles. The second kappa shape index (κ2) is 14.0. The molecule has 0 amide bonds. The summed E-state index contributed by atoms with van der Waals surface area (Å²) in [6, 6.07) is 68.0. The molecule has 0 aliphatic heterocycles. The topological polar surface area (TPSA) is 3.24 Å². The average Bonchev–Trinajstić information content (AvgIpc) is 3.87. The summed E-state index contributed by atoms with van der Waals surface area (Å²) in [5, 5.41) is 0. The number of fused-ring (bicyclic) bond motifs is 13. The summed E-state index contributed by atoms with van der Waals surface area (Å²) in [6.07, 6.45) is 6.66. The maximum Gasteiger partial charge on any atom is 0.0726 e. The fraction of sp³-hybridized carbons (Fsp3) is 0.226. The van der Waals surface area contributed by atoms with E-state index in [1.165, 1.54) is 138 Å². The van der Waals surface area contributed by atoms with Crippen LogP contribution in [-0.4, -0.2) is 0 Å². The Hall–Kier alpha value is -6.44. The molecule has 1 atom stereocenters. The second-order valence-corrected chi connectivity index (χ2v) is 20.3. The molecule has 63 heavy (non-hydrogen) atoms. The molecule has 0 heterocycles. The van der Waals surface area contributed by atoms with Gasteiger partial charge >= 0.3 is 0 Å². The first-order valence-electron chi connectivity index (χ1n) is 23.4. The van der Waals surface area contributed by atoms with Crippen LogP contribution in [-0.2, 0) is 16.2 Å². The lowest BCUT2D eigenvalue weighted by molar-refractivity contribution is 0.443. The lowest BCUT2D eigenvalue weighted by Crippen LogP contribution is -2.27. The predicted octanol–water partition coefficient (Wildman–Crippen LogP) is 16.8. The predicted molar refractivity (Wildman–Crippen MR) is 265 cm³/mol. The molecule has 1 nitrogen and oxygen atoms in total. The summed E-state index contributed by atoms with van der Waals surface area (Å²) in [5.74, 6) is 0.673. The van der Waals surface area contributed by atoms with Gasteiger partial charge in [-0.1, -0.05) is 199 Å². The van der Waals surface area contributed by atoms with Crippen molar-refractivity contribution in [2.45, 2.75) is 88.9 Å². The fourth-order valence-corrected chi connectivity index (χ4v) is 12.3. The maximum absolute atomic E-state index is 2.56. The Kier molecular flexibility index (Phi) is 8.52.